The zero-order chi connectivity index (χ0) is 17.0. The number of phenols is 1. The molecular formula is C19H22O4. The minimum absolute atomic E-state index is 0.0341. The monoisotopic (exact) mass is 314 g/mol. The summed E-state index contributed by atoms with van der Waals surface area (Å²) in [5.74, 6) is 0.370. The molecule has 23 heavy (non-hydrogen) atoms. The number of ether oxygens (including phenoxy) is 2. The van der Waals surface area contributed by atoms with Gasteiger partial charge < -0.3 is 14.6 Å². The fraction of sp³-hybridized carbons (Fsp3) is 0.316. The molecule has 0 aliphatic carbocycles. The van der Waals surface area contributed by atoms with Crippen molar-refractivity contribution < 1.29 is 19.4 Å². The Morgan fingerprint density at radius 1 is 1.09 bits per heavy atom. The Balaban J connectivity index is 2.13. The van der Waals surface area contributed by atoms with E-state index in [9.17, 15) is 9.90 Å². The first-order chi connectivity index (χ1) is 10.8. The number of hydrogen-bond donors (Lipinski definition) is 1. The fourth-order valence-electron chi connectivity index (χ4n) is 2.24. The summed E-state index contributed by atoms with van der Waals surface area (Å²) in [5, 5.41) is 10.2. The molecule has 0 aromatic heterocycles. The number of rotatable bonds is 3. The lowest BCUT2D eigenvalue weighted by molar-refractivity contribution is 0.0206. The zero-order valence-corrected chi connectivity index (χ0v) is 13.9. The maximum absolute atomic E-state index is 11.7. The van der Waals surface area contributed by atoms with Gasteiger partial charge in [-0.2, -0.15) is 0 Å². The van der Waals surface area contributed by atoms with E-state index < -0.39 is 11.8 Å². The molecule has 2 aromatic carbocycles. The second-order valence-corrected chi connectivity index (χ2v) is 6.42. The number of aromatic hydroxyl groups is 1. The van der Waals surface area contributed by atoms with E-state index in [1.807, 2.05) is 37.3 Å². The second-order valence-electron chi connectivity index (χ2n) is 6.42. The van der Waals surface area contributed by atoms with Crippen molar-refractivity contribution in [3.8, 4) is 11.5 Å². The lowest BCUT2D eigenvalue weighted by Crippen LogP contribution is -2.25. The lowest BCUT2D eigenvalue weighted by atomic mass is 9.92. The van der Waals surface area contributed by atoms with Crippen molar-refractivity contribution in [2.45, 2.75) is 39.2 Å². The number of carbonyl (C=O) groups excluding carboxylic acids is 1. The van der Waals surface area contributed by atoms with Gasteiger partial charge in [0.25, 0.3) is 0 Å². The van der Waals surface area contributed by atoms with Gasteiger partial charge in [0.2, 0.25) is 0 Å². The van der Waals surface area contributed by atoms with Crippen LogP contribution in [0.1, 0.15) is 44.7 Å². The Bertz CT molecular complexity index is 672. The van der Waals surface area contributed by atoms with Crippen LogP contribution in [-0.2, 0) is 4.74 Å². The Kier molecular flexibility index (Phi) is 4.94. The molecule has 1 N–H and O–H groups in total. The molecule has 4 nitrogen and oxygen atoms in total. The summed E-state index contributed by atoms with van der Waals surface area (Å²) >= 11 is 0. The number of phenolic OH excluding ortho intramolecular Hbond substituents is 1. The zero-order valence-electron chi connectivity index (χ0n) is 13.9. The fourth-order valence-corrected chi connectivity index (χ4v) is 2.24. The molecule has 0 aliphatic rings. The predicted molar refractivity (Wildman–Crippen MR) is 88.9 cm³/mol. The van der Waals surface area contributed by atoms with E-state index >= 15 is 0 Å². The molecule has 0 saturated carbocycles. The maximum Gasteiger partial charge on any atom is 0.514 e. The highest BCUT2D eigenvalue weighted by Crippen LogP contribution is 2.33. The van der Waals surface area contributed by atoms with Crippen LogP contribution >= 0.6 is 0 Å². The number of carbonyl (C=O) groups is 1. The average molecular weight is 314 g/mol. The largest absolute Gasteiger partial charge is 0.514 e. The van der Waals surface area contributed by atoms with E-state index in [2.05, 4.69) is 0 Å². The molecule has 0 heterocycles. The summed E-state index contributed by atoms with van der Waals surface area (Å²) in [6.07, 6.45) is -0.791. The van der Waals surface area contributed by atoms with Crippen LogP contribution in [0.5, 0.6) is 11.5 Å². The third-order valence-corrected chi connectivity index (χ3v) is 3.36. The van der Waals surface area contributed by atoms with E-state index in [1.54, 1.807) is 32.9 Å². The van der Waals surface area contributed by atoms with Crippen LogP contribution in [0.15, 0.2) is 48.5 Å². The van der Waals surface area contributed by atoms with Gasteiger partial charge in [-0.1, -0.05) is 43.3 Å². The van der Waals surface area contributed by atoms with Gasteiger partial charge in [-0.3, -0.25) is 0 Å². The summed E-state index contributed by atoms with van der Waals surface area (Å²) in [4.78, 5) is 11.7. The molecule has 0 saturated heterocycles. The van der Waals surface area contributed by atoms with Gasteiger partial charge in [0.05, 0.1) is 0 Å². The molecule has 0 aliphatic heterocycles. The van der Waals surface area contributed by atoms with Gasteiger partial charge in [-0.25, -0.2) is 4.79 Å². The van der Waals surface area contributed by atoms with Crippen molar-refractivity contribution in [3.05, 3.63) is 59.7 Å². The third-order valence-electron chi connectivity index (χ3n) is 3.36. The summed E-state index contributed by atoms with van der Waals surface area (Å²) in [5.41, 5.74) is 1.25. The van der Waals surface area contributed by atoms with Gasteiger partial charge in [0, 0.05) is 17.5 Å². The smallest absolute Gasteiger partial charge is 0.508 e. The normalized spacial score (nSPS) is 12.5. The van der Waals surface area contributed by atoms with Gasteiger partial charge in [-0.05, 0) is 32.4 Å². The van der Waals surface area contributed by atoms with E-state index in [0.717, 1.165) is 11.1 Å². The molecular weight excluding hydrogens is 292 g/mol. The van der Waals surface area contributed by atoms with Gasteiger partial charge in [0.1, 0.15) is 17.1 Å². The quantitative estimate of drug-likeness (QED) is 0.649. The third kappa shape index (κ3) is 4.74. The molecule has 122 valence electrons. The van der Waals surface area contributed by atoms with E-state index in [1.165, 1.54) is 6.07 Å². The first kappa shape index (κ1) is 16.9. The van der Waals surface area contributed by atoms with Crippen LogP contribution in [0.3, 0.4) is 0 Å². The summed E-state index contributed by atoms with van der Waals surface area (Å²) in [6.45, 7) is 7.29. The van der Waals surface area contributed by atoms with E-state index in [4.69, 9.17) is 9.47 Å². The minimum Gasteiger partial charge on any atom is -0.508 e. The standard InChI is InChI=1S/C19H22O4/c1-13(14-8-6-5-7-9-14)16-11-10-15(12-17(16)20)22-18(21)23-19(2,3)4/h5-13,20H,1-4H3. The molecule has 4 heteroatoms. The second kappa shape index (κ2) is 6.73. The van der Waals surface area contributed by atoms with Crippen molar-refractivity contribution in [1.29, 1.82) is 0 Å². The molecule has 0 fully saturated rings. The van der Waals surface area contributed by atoms with Crippen molar-refractivity contribution in [2.75, 3.05) is 0 Å². The topological polar surface area (TPSA) is 55.8 Å². The Labute approximate surface area is 136 Å². The Hall–Kier alpha value is -2.49. The molecule has 0 amide bonds. The molecule has 0 radical (unpaired) electrons. The van der Waals surface area contributed by atoms with Crippen molar-refractivity contribution in [3.63, 3.8) is 0 Å². The van der Waals surface area contributed by atoms with Crippen molar-refractivity contribution in [1.82, 2.24) is 0 Å². The van der Waals surface area contributed by atoms with Gasteiger partial charge in [-0.15, -0.1) is 0 Å². The molecule has 1 unspecified atom stereocenters. The molecule has 2 rings (SSSR count). The number of benzene rings is 2. The Morgan fingerprint density at radius 3 is 2.30 bits per heavy atom. The minimum atomic E-state index is -0.791. The predicted octanol–water partition coefficient (Wildman–Crippen LogP) is 4.86. The van der Waals surface area contributed by atoms with E-state index in [-0.39, 0.29) is 17.4 Å². The van der Waals surface area contributed by atoms with E-state index in [0.29, 0.717) is 0 Å². The van der Waals surface area contributed by atoms with Crippen LogP contribution < -0.4 is 4.74 Å². The highest BCUT2D eigenvalue weighted by Gasteiger charge is 2.19. The van der Waals surface area contributed by atoms with Crippen LogP contribution in [0, 0.1) is 0 Å². The molecule has 0 spiro atoms. The van der Waals surface area contributed by atoms with Gasteiger partial charge >= 0.3 is 6.16 Å². The van der Waals surface area contributed by atoms with Crippen molar-refractivity contribution in [2.24, 2.45) is 0 Å². The lowest BCUT2D eigenvalue weighted by Gasteiger charge is -2.19. The van der Waals surface area contributed by atoms with Crippen LogP contribution in [0.4, 0.5) is 4.79 Å². The SMILES string of the molecule is CC(c1ccccc1)c1ccc(OC(=O)OC(C)(C)C)cc1O. The highest BCUT2D eigenvalue weighted by molar-refractivity contribution is 5.64. The average Bonchev–Trinajstić information content (AvgIpc) is 2.45. The van der Waals surface area contributed by atoms with Crippen LogP contribution in [-0.4, -0.2) is 16.9 Å². The summed E-state index contributed by atoms with van der Waals surface area (Å²) < 4.78 is 10.2. The molecule has 1 atom stereocenters. The van der Waals surface area contributed by atoms with Gasteiger partial charge in [0.15, 0.2) is 0 Å². The van der Waals surface area contributed by atoms with Crippen molar-refractivity contribution >= 4 is 6.16 Å². The molecule has 0 bridgehead atoms. The first-order valence-corrected chi connectivity index (χ1v) is 7.55. The molecule has 2 aromatic rings. The summed E-state index contributed by atoms with van der Waals surface area (Å²) in [7, 11) is 0. The van der Waals surface area contributed by atoms with Crippen LogP contribution in [0.25, 0.3) is 0 Å². The highest BCUT2D eigenvalue weighted by atomic mass is 16.7. The summed E-state index contributed by atoms with van der Waals surface area (Å²) in [6, 6.07) is 14.7. The van der Waals surface area contributed by atoms with Crippen LogP contribution in [0.2, 0.25) is 0 Å². The maximum atomic E-state index is 11.7. The number of hydrogen-bond acceptors (Lipinski definition) is 4. The first-order valence-electron chi connectivity index (χ1n) is 7.55. The Morgan fingerprint density at radius 2 is 1.74 bits per heavy atom.